The molecule has 0 bridgehead atoms. The largest absolute Gasteiger partial charge is 0.387 e. The number of nitrogens with one attached hydrogen (secondary N) is 1. The molecule has 4 heteroatoms. The summed E-state index contributed by atoms with van der Waals surface area (Å²) < 4.78 is 5.83. The van der Waals surface area contributed by atoms with E-state index in [-0.39, 0.29) is 6.10 Å². The summed E-state index contributed by atoms with van der Waals surface area (Å²) in [5.41, 5.74) is 3.63. The van der Waals surface area contributed by atoms with E-state index in [2.05, 4.69) is 29.6 Å². The molecule has 20 heavy (non-hydrogen) atoms. The van der Waals surface area contributed by atoms with Crippen LogP contribution in [0.25, 0.3) is 0 Å². The van der Waals surface area contributed by atoms with Crippen LogP contribution in [-0.2, 0) is 11.2 Å². The van der Waals surface area contributed by atoms with Crippen molar-refractivity contribution in [1.82, 2.24) is 5.32 Å². The van der Waals surface area contributed by atoms with E-state index in [9.17, 15) is 5.11 Å². The number of aliphatic hydroxyl groups excluding tert-OH is 1. The number of hydrogen-bond acceptors (Lipinski definition) is 4. The molecule has 0 radical (unpaired) electrons. The molecule has 0 fully saturated rings. The Morgan fingerprint density at radius 2 is 2.25 bits per heavy atom. The molecule has 1 aliphatic heterocycles. The number of benzene rings is 1. The summed E-state index contributed by atoms with van der Waals surface area (Å²) in [4.78, 5) is 0. The summed E-state index contributed by atoms with van der Waals surface area (Å²) in [6.45, 7) is 2.06. The molecule has 2 atom stereocenters. The Bertz CT molecular complexity index is 541. The van der Waals surface area contributed by atoms with Gasteiger partial charge in [0.05, 0.1) is 18.8 Å². The standard InChI is InChI=1S/C16H19NO2S/c18-15(13-6-8-20-11-13)9-17-10-16-14-4-2-1-3-12(14)5-7-19-16/h1-4,6,8,11,15-18H,5,7,9-10H2. The average Bonchev–Trinajstić information content (AvgIpc) is 3.02. The van der Waals surface area contributed by atoms with Crippen molar-refractivity contribution in [3.63, 3.8) is 0 Å². The molecular weight excluding hydrogens is 270 g/mol. The molecule has 0 saturated carbocycles. The van der Waals surface area contributed by atoms with Crippen LogP contribution in [0.2, 0.25) is 0 Å². The van der Waals surface area contributed by atoms with Gasteiger partial charge in [-0.15, -0.1) is 0 Å². The molecule has 106 valence electrons. The molecule has 2 heterocycles. The second-order valence-electron chi connectivity index (χ2n) is 5.04. The third kappa shape index (κ3) is 3.10. The van der Waals surface area contributed by atoms with Gasteiger partial charge >= 0.3 is 0 Å². The van der Waals surface area contributed by atoms with Crippen molar-refractivity contribution >= 4 is 11.3 Å². The highest BCUT2D eigenvalue weighted by molar-refractivity contribution is 7.07. The molecule has 3 rings (SSSR count). The number of aliphatic hydroxyl groups is 1. The molecule has 0 amide bonds. The van der Waals surface area contributed by atoms with Gasteiger partial charge in [0, 0.05) is 13.1 Å². The molecule has 1 aliphatic rings. The Morgan fingerprint density at radius 3 is 3.10 bits per heavy atom. The first-order valence-electron chi connectivity index (χ1n) is 6.95. The van der Waals surface area contributed by atoms with Gasteiger partial charge in [-0.3, -0.25) is 0 Å². The second-order valence-corrected chi connectivity index (χ2v) is 5.82. The first-order valence-corrected chi connectivity index (χ1v) is 7.89. The Morgan fingerprint density at radius 1 is 1.35 bits per heavy atom. The molecule has 1 aromatic heterocycles. The van der Waals surface area contributed by atoms with E-state index in [1.807, 2.05) is 16.8 Å². The second kappa shape index (κ2) is 6.50. The zero-order chi connectivity index (χ0) is 13.8. The van der Waals surface area contributed by atoms with Crippen LogP contribution < -0.4 is 5.32 Å². The van der Waals surface area contributed by atoms with Crippen LogP contribution in [0.1, 0.15) is 28.9 Å². The molecule has 3 nitrogen and oxygen atoms in total. The van der Waals surface area contributed by atoms with E-state index < -0.39 is 6.10 Å². The van der Waals surface area contributed by atoms with Gasteiger partial charge in [-0.1, -0.05) is 24.3 Å². The van der Waals surface area contributed by atoms with Crippen LogP contribution in [0.4, 0.5) is 0 Å². The minimum Gasteiger partial charge on any atom is -0.387 e. The summed E-state index contributed by atoms with van der Waals surface area (Å²) in [7, 11) is 0. The minimum absolute atomic E-state index is 0.0922. The lowest BCUT2D eigenvalue weighted by molar-refractivity contribution is 0.0400. The van der Waals surface area contributed by atoms with Crippen molar-refractivity contribution in [2.24, 2.45) is 0 Å². The SMILES string of the molecule is OC(CNCC1OCCc2ccccc21)c1ccsc1. The van der Waals surface area contributed by atoms with Gasteiger partial charge in [0.15, 0.2) is 0 Å². The van der Waals surface area contributed by atoms with E-state index in [0.29, 0.717) is 6.54 Å². The zero-order valence-corrected chi connectivity index (χ0v) is 12.1. The normalized spacial score (nSPS) is 19.6. The lowest BCUT2D eigenvalue weighted by Gasteiger charge is -2.26. The summed E-state index contributed by atoms with van der Waals surface area (Å²) in [5.74, 6) is 0. The summed E-state index contributed by atoms with van der Waals surface area (Å²) in [6.07, 6.45) is 0.638. The van der Waals surface area contributed by atoms with Gasteiger partial charge in [0.1, 0.15) is 0 Å². The minimum atomic E-state index is -0.444. The van der Waals surface area contributed by atoms with Crippen molar-refractivity contribution in [3.8, 4) is 0 Å². The van der Waals surface area contributed by atoms with E-state index in [1.165, 1.54) is 11.1 Å². The van der Waals surface area contributed by atoms with E-state index in [4.69, 9.17) is 4.74 Å². The number of fused-ring (bicyclic) bond motifs is 1. The van der Waals surface area contributed by atoms with Gasteiger partial charge < -0.3 is 15.2 Å². The molecule has 2 unspecified atom stereocenters. The number of ether oxygens (including phenoxy) is 1. The Kier molecular flexibility index (Phi) is 4.47. The molecule has 0 saturated heterocycles. The number of hydrogen-bond donors (Lipinski definition) is 2. The highest BCUT2D eigenvalue weighted by Gasteiger charge is 2.20. The van der Waals surface area contributed by atoms with Crippen molar-refractivity contribution in [2.45, 2.75) is 18.6 Å². The summed E-state index contributed by atoms with van der Waals surface area (Å²) in [5, 5.41) is 17.3. The van der Waals surface area contributed by atoms with E-state index >= 15 is 0 Å². The topological polar surface area (TPSA) is 41.5 Å². The molecule has 1 aromatic carbocycles. The molecular formula is C16H19NO2S. The maximum absolute atomic E-state index is 10.0. The fourth-order valence-electron chi connectivity index (χ4n) is 2.58. The maximum atomic E-state index is 10.0. The van der Waals surface area contributed by atoms with Crippen molar-refractivity contribution in [1.29, 1.82) is 0 Å². The van der Waals surface area contributed by atoms with Gasteiger partial charge in [-0.25, -0.2) is 0 Å². The highest BCUT2D eigenvalue weighted by Crippen LogP contribution is 2.26. The third-order valence-corrected chi connectivity index (χ3v) is 4.39. The lowest BCUT2D eigenvalue weighted by atomic mass is 9.97. The lowest BCUT2D eigenvalue weighted by Crippen LogP contribution is -2.30. The van der Waals surface area contributed by atoms with E-state index in [0.717, 1.165) is 25.1 Å². The average molecular weight is 289 g/mol. The van der Waals surface area contributed by atoms with Crippen LogP contribution in [0.15, 0.2) is 41.1 Å². The molecule has 2 aromatic rings. The smallest absolute Gasteiger partial charge is 0.0952 e. The third-order valence-electron chi connectivity index (χ3n) is 3.69. The molecule has 2 N–H and O–H groups in total. The van der Waals surface area contributed by atoms with Crippen molar-refractivity contribution < 1.29 is 9.84 Å². The van der Waals surface area contributed by atoms with Gasteiger partial charge in [-0.05, 0) is 39.9 Å². The quantitative estimate of drug-likeness (QED) is 0.889. The fourth-order valence-corrected chi connectivity index (χ4v) is 3.29. The number of thiophene rings is 1. The number of rotatable bonds is 5. The Labute approximate surface area is 123 Å². The summed E-state index contributed by atoms with van der Waals surface area (Å²) in [6, 6.07) is 10.4. The molecule has 0 spiro atoms. The predicted molar refractivity (Wildman–Crippen MR) is 81.0 cm³/mol. The molecule has 0 aliphatic carbocycles. The monoisotopic (exact) mass is 289 g/mol. The van der Waals surface area contributed by atoms with Gasteiger partial charge in [0.2, 0.25) is 0 Å². The first kappa shape index (κ1) is 13.8. The zero-order valence-electron chi connectivity index (χ0n) is 11.3. The van der Waals surface area contributed by atoms with Crippen LogP contribution in [0.5, 0.6) is 0 Å². The van der Waals surface area contributed by atoms with Crippen molar-refractivity contribution in [2.75, 3.05) is 19.7 Å². The van der Waals surface area contributed by atoms with Gasteiger partial charge in [0.25, 0.3) is 0 Å². The Balaban J connectivity index is 1.55. The first-order chi connectivity index (χ1) is 9.84. The Hall–Kier alpha value is -1.20. The van der Waals surface area contributed by atoms with Crippen LogP contribution in [0, 0.1) is 0 Å². The van der Waals surface area contributed by atoms with E-state index in [1.54, 1.807) is 11.3 Å². The maximum Gasteiger partial charge on any atom is 0.0952 e. The van der Waals surface area contributed by atoms with Crippen LogP contribution in [0.3, 0.4) is 0 Å². The fraction of sp³-hybridized carbons (Fsp3) is 0.375. The summed E-state index contributed by atoms with van der Waals surface area (Å²) >= 11 is 1.61. The predicted octanol–water partition coefficient (Wildman–Crippen LogP) is 2.69. The van der Waals surface area contributed by atoms with Crippen molar-refractivity contribution in [3.05, 3.63) is 57.8 Å². The van der Waals surface area contributed by atoms with Gasteiger partial charge in [-0.2, -0.15) is 11.3 Å². The van der Waals surface area contributed by atoms with Crippen LogP contribution in [-0.4, -0.2) is 24.8 Å². The highest BCUT2D eigenvalue weighted by atomic mass is 32.1. The van der Waals surface area contributed by atoms with Crippen LogP contribution >= 0.6 is 11.3 Å².